The number of aryl methyl sites for hydroxylation is 1. The van der Waals surface area contributed by atoms with Crippen molar-refractivity contribution in [2.24, 2.45) is 0 Å². The number of methoxy groups -OCH3 is 1. The van der Waals surface area contributed by atoms with Gasteiger partial charge in [0.05, 0.1) is 31.4 Å². The Bertz CT molecular complexity index is 1150. The minimum Gasteiger partial charge on any atom is -0.497 e. The third-order valence-electron chi connectivity index (χ3n) is 4.86. The molecule has 154 valence electrons. The minimum atomic E-state index is 0.0306. The van der Waals surface area contributed by atoms with Crippen molar-refractivity contribution in [3.63, 3.8) is 0 Å². The van der Waals surface area contributed by atoms with Gasteiger partial charge in [0.15, 0.2) is 5.78 Å². The Kier molecular flexibility index (Phi) is 5.71. The van der Waals surface area contributed by atoms with E-state index in [1.165, 1.54) is 11.8 Å². The lowest BCUT2D eigenvalue weighted by Crippen LogP contribution is -2.08. The standard InChI is InChI=1S/C21H21N5O3S/c1-14-11-19(15(2)25(14)12-18-5-4-10-29-18)20(27)13-30-21-22-23-24-26(21)16-6-8-17(28-3)9-7-16/h4-11H,12-13H2,1-3H3. The zero-order chi connectivity index (χ0) is 21.1. The van der Waals surface area contributed by atoms with Crippen LogP contribution in [0.3, 0.4) is 0 Å². The summed E-state index contributed by atoms with van der Waals surface area (Å²) < 4.78 is 14.3. The number of furan rings is 1. The highest BCUT2D eigenvalue weighted by Gasteiger charge is 2.18. The molecule has 3 heterocycles. The van der Waals surface area contributed by atoms with Crippen LogP contribution in [0.1, 0.15) is 27.5 Å². The average molecular weight is 423 g/mol. The summed E-state index contributed by atoms with van der Waals surface area (Å²) in [5, 5.41) is 12.4. The number of ether oxygens (including phenoxy) is 1. The first-order valence-electron chi connectivity index (χ1n) is 9.34. The lowest BCUT2D eigenvalue weighted by Gasteiger charge is -2.08. The fraction of sp³-hybridized carbons (Fsp3) is 0.238. The van der Waals surface area contributed by atoms with Crippen molar-refractivity contribution in [1.29, 1.82) is 0 Å². The summed E-state index contributed by atoms with van der Waals surface area (Å²) in [6, 6.07) is 13.1. The van der Waals surface area contributed by atoms with E-state index >= 15 is 0 Å². The second-order valence-electron chi connectivity index (χ2n) is 6.73. The molecule has 1 aromatic carbocycles. The van der Waals surface area contributed by atoms with E-state index in [1.807, 2.05) is 56.3 Å². The molecule has 9 heteroatoms. The maximum atomic E-state index is 12.9. The van der Waals surface area contributed by atoms with E-state index in [2.05, 4.69) is 20.1 Å². The van der Waals surface area contributed by atoms with E-state index in [0.717, 1.165) is 28.6 Å². The second kappa shape index (κ2) is 8.58. The molecule has 4 rings (SSSR count). The van der Waals surface area contributed by atoms with Crippen LogP contribution in [0.25, 0.3) is 5.69 Å². The number of ketones is 1. The van der Waals surface area contributed by atoms with Crippen LogP contribution in [0.5, 0.6) is 5.75 Å². The number of nitrogens with zero attached hydrogens (tertiary/aromatic N) is 5. The molecule has 0 N–H and O–H groups in total. The minimum absolute atomic E-state index is 0.0306. The third-order valence-corrected chi connectivity index (χ3v) is 5.78. The van der Waals surface area contributed by atoms with E-state index in [-0.39, 0.29) is 11.5 Å². The van der Waals surface area contributed by atoms with E-state index in [0.29, 0.717) is 17.3 Å². The number of hydrogen-bond donors (Lipinski definition) is 0. The molecule has 0 aliphatic carbocycles. The zero-order valence-electron chi connectivity index (χ0n) is 16.9. The van der Waals surface area contributed by atoms with Crippen LogP contribution in [0.15, 0.2) is 58.3 Å². The predicted molar refractivity (Wildman–Crippen MR) is 112 cm³/mol. The Morgan fingerprint density at radius 1 is 1.20 bits per heavy atom. The van der Waals surface area contributed by atoms with Gasteiger partial charge < -0.3 is 13.7 Å². The summed E-state index contributed by atoms with van der Waals surface area (Å²) in [6.45, 7) is 4.54. The molecule has 4 aromatic rings. The SMILES string of the molecule is COc1ccc(-n2nnnc2SCC(=O)c2cc(C)n(Cc3ccco3)c2C)cc1. The van der Waals surface area contributed by atoms with Crippen molar-refractivity contribution >= 4 is 17.5 Å². The first-order valence-corrected chi connectivity index (χ1v) is 10.3. The molecule has 0 bridgehead atoms. The van der Waals surface area contributed by atoms with Gasteiger partial charge in [0, 0.05) is 17.0 Å². The van der Waals surface area contributed by atoms with Gasteiger partial charge in [0.2, 0.25) is 5.16 Å². The van der Waals surface area contributed by atoms with Gasteiger partial charge >= 0.3 is 0 Å². The molecule has 0 fully saturated rings. The van der Waals surface area contributed by atoms with E-state index in [1.54, 1.807) is 18.1 Å². The molecular formula is C21H21N5O3S. The van der Waals surface area contributed by atoms with E-state index in [9.17, 15) is 4.79 Å². The number of carbonyl (C=O) groups is 1. The van der Waals surface area contributed by atoms with Crippen molar-refractivity contribution in [2.75, 3.05) is 12.9 Å². The fourth-order valence-electron chi connectivity index (χ4n) is 3.25. The van der Waals surface area contributed by atoms with Crippen LogP contribution >= 0.6 is 11.8 Å². The topological polar surface area (TPSA) is 88.0 Å². The lowest BCUT2D eigenvalue weighted by molar-refractivity contribution is 0.102. The third kappa shape index (κ3) is 4.02. The smallest absolute Gasteiger partial charge is 0.214 e. The molecule has 0 unspecified atom stereocenters. The Balaban J connectivity index is 1.48. The normalized spacial score (nSPS) is 11.0. The van der Waals surface area contributed by atoms with Crippen molar-refractivity contribution in [3.8, 4) is 11.4 Å². The summed E-state index contributed by atoms with van der Waals surface area (Å²) in [5.74, 6) is 1.87. The average Bonchev–Trinajstić information content (AvgIpc) is 3.50. The Hall–Kier alpha value is -3.33. The lowest BCUT2D eigenvalue weighted by atomic mass is 10.2. The molecule has 3 aromatic heterocycles. The summed E-state index contributed by atoms with van der Waals surface area (Å²) in [5.41, 5.74) is 3.44. The van der Waals surface area contributed by atoms with Crippen molar-refractivity contribution in [3.05, 3.63) is 71.4 Å². The van der Waals surface area contributed by atoms with Crippen LogP contribution in [0.4, 0.5) is 0 Å². The summed E-state index contributed by atoms with van der Waals surface area (Å²) >= 11 is 1.31. The number of aromatic nitrogens is 5. The number of rotatable bonds is 8. The molecule has 0 saturated carbocycles. The molecule has 0 aliphatic heterocycles. The highest BCUT2D eigenvalue weighted by Crippen LogP contribution is 2.23. The molecule has 30 heavy (non-hydrogen) atoms. The van der Waals surface area contributed by atoms with Gasteiger partial charge in [-0.1, -0.05) is 11.8 Å². The maximum Gasteiger partial charge on any atom is 0.214 e. The van der Waals surface area contributed by atoms with Gasteiger partial charge in [-0.05, 0) is 66.7 Å². The van der Waals surface area contributed by atoms with Gasteiger partial charge in [0.25, 0.3) is 0 Å². The molecule has 0 spiro atoms. The van der Waals surface area contributed by atoms with Crippen LogP contribution in [-0.2, 0) is 6.54 Å². The molecule has 0 amide bonds. The highest BCUT2D eigenvalue weighted by atomic mass is 32.2. The van der Waals surface area contributed by atoms with Gasteiger partial charge in [0.1, 0.15) is 11.5 Å². The number of hydrogen-bond acceptors (Lipinski definition) is 7. The van der Waals surface area contributed by atoms with Crippen molar-refractivity contribution in [1.82, 2.24) is 24.8 Å². The molecule has 8 nitrogen and oxygen atoms in total. The largest absolute Gasteiger partial charge is 0.497 e. The van der Waals surface area contributed by atoms with Crippen LogP contribution in [0.2, 0.25) is 0 Å². The highest BCUT2D eigenvalue weighted by molar-refractivity contribution is 7.99. The number of benzene rings is 1. The van der Waals surface area contributed by atoms with Crippen LogP contribution < -0.4 is 4.74 Å². The van der Waals surface area contributed by atoms with Gasteiger partial charge in [-0.25, -0.2) is 0 Å². The van der Waals surface area contributed by atoms with Crippen LogP contribution in [0, 0.1) is 13.8 Å². The summed E-state index contributed by atoms with van der Waals surface area (Å²) in [7, 11) is 1.62. The van der Waals surface area contributed by atoms with Gasteiger partial charge in [-0.3, -0.25) is 4.79 Å². The zero-order valence-corrected chi connectivity index (χ0v) is 17.7. The number of carbonyl (C=O) groups excluding carboxylic acids is 1. The first kappa shape index (κ1) is 20.0. The van der Waals surface area contributed by atoms with Gasteiger partial charge in [-0.15, -0.1) is 5.10 Å². The van der Waals surface area contributed by atoms with Crippen molar-refractivity contribution in [2.45, 2.75) is 25.5 Å². The predicted octanol–water partition coefficient (Wildman–Crippen LogP) is 3.71. The maximum absolute atomic E-state index is 12.9. The quantitative estimate of drug-likeness (QED) is 0.315. The summed E-state index contributed by atoms with van der Waals surface area (Å²) in [4.78, 5) is 12.9. The van der Waals surface area contributed by atoms with Gasteiger partial charge in [-0.2, -0.15) is 4.68 Å². The number of Topliss-reactive ketones (excluding diaryl/α,β-unsaturated/α-hetero) is 1. The Labute approximate surface area is 177 Å². The number of thioether (sulfide) groups is 1. The number of tetrazole rings is 1. The summed E-state index contributed by atoms with van der Waals surface area (Å²) in [6.07, 6.45) is 1.65. The first-order chi connectivity index (χ1) is 14.6. The molecule has 0 aliphatic rings. The molecule has 0 saturated heterocycles. The molecular weight excluding hydrogens is 402 g/mol. The molecule has 0 radical (unpaired) electrons. The van der Waals surface area contributed by atoms with Crippen molar-refractivity contribution < 1.29 is 13.9 Å². The monoisotopic (exact) mass is 423 g/mol. The Morgan fingerprint density at radius 2 is 2.00 bits per heavy atom. The molecule has 0 atom stereocenters. The fourth-order valence-corrected chi connectivity index (χ4v) is 4.02. The van der Waals surface area contributed by atoms with Crippen LogP contribution in [-0.4, -0.2) is 43.4 Å². The van der Waals surface area contributed by atoms with E-state index in [4.69, 9.17) is 9.15 Å². The van der Waals surface area contributed by atoms with E-state index < -0.39 is 0 Å². The Morgan fingerprint density at radius 3 is 2.70 bits per heavy atom. The second-order valence-corrected chi connectivity index (χ2v) is 7.68.